The molecule has 4 amide bonds. The van der Waals surface area contributed by atoms with Crippen molar-refractivity contribution in [2.24, 2.45) is 0 Å². The summed E-state index contributed by atoms with van der Waals surface area (Å²) in [5, 5.41) is 2.11. The third kappa shape index (κ3) is 2.66. The third-order valence-electron chi connectivity index (χ3n) is 2.45. The highest BCUT2D eigenvalue weighted by molar-refractivity contribution is 6.14. The molecule has 1 saturated heterocycles. The second-order valence-corrected chi connectivity index (χ2v) is 3.69. The molecule has 88 valence electrons. The van der Waals surface area contributed by atoms with Crippen molar-refractivity contribution in [1.82, 2.24) is 15.2 Å². The molecule has 6 heteroatoms. The molecule has 0 radical (unpaired) electrons. The Labute approximate surface area is 97.6 Å². The van der Waals surface area contributed by atoms with Crippen LogP contribution in [-0.4, -0.2) is 34.3 Å². The first-order valence-corrected chi connectivity index (χ1v) is 5.20. The maximum absolute atomic E-state index is 11.5. The van der Waals surface area contributed by atoms with Gasteiger partial charge in [0, 0.05) is 18.9 Å². The number of nitrogens with zero attached hydrogens (tertiary/aromatic N) is 2. The van der Waals surface area contributed by atoms with Crippen molar-refractivity contribution in [1.29, 1.82) is 0 Å². The summed E-state index contributed by atoms with van der Waals surface area (Å²) in [6.07, 6.45) is 3.60. The SMILES string of the molecule is O=C1CC(=O)N(CCc2cccnc2)C(=O)N1. The van der Waals surface area contributed by atoms with Gasteiger partial charge in [0.15, 0.2) is 0 Å². The minimum absolute atomic E-state index is 0.254. The first-order chi connectivity index (χ1) is 8.16. The third-order valence-corrected chi connectivity index (χ3v) is 2.45. The zero-order valence-corrected chi connectivity index (χ0v) is 9.05. The van der Waals surface area contributed by atoms with E-state index in [1.165, 1.54) is 0 Å². The van der Waals surface area contributed by atoms with Crippen LogP contribution in [0, 0.1) is 0 Å². The van der Waals surface area contributed by atoms with Gasteiger partial charge in [-0.2, -0.15) is 0 Å². The lowest BCUT2D eigenvalue weighted by Crippen LogP contribution is -2.53. The number of carbonyl (C=O) groups is 3. The second-order valence-electron chi connectivity index (χ2n) is 3.69. The summed E-state index contributed by atoms with van der Waals surface area (Å²) < 4.78 is 0. The highest BCUT2D eigenvalue weighted by Gasteiger charge is 2.30. The predicted molar refractivity (Wildman–Crippen MR) is 57.8 cm³/mol. The summed E-state index contributed by atoms with van der Waals surface area (Å²) in [6, 6.07) is 3.01. The van der Waals surface area contributed by atoms with Crippen molar-refractivity contribution in [2.45, 2.75) is 12.8 Å². The van der Waals surface area contributed by atoms with Crippen molar-refractivity contribution >= 4 is 17.8 Å². The Morgan fingerprint density at radius 1 is 1.35 bits per heavy atom. The number of nitrogens with one attached hydrogen (secondary N) is 1. The molecule has 6 nitrogen and oxygen atoms in total. The summed E-state index contributed by atoms with van der Waals surface area (Å²) >= 11 is 0. The summed E-state index contributed by atoms with van der Waals surface area (Å²) in [6.45, 7) is 0.254. The van der Waals surface area contributed by atoms with Crippen molar-refractivity contribution in [3.63, 3.8) is 0 Å². The van der Waals surface area contributed by atoms with E-state index in [0.29, 0.717) is 6.42 Å². The van der Waals surface area contributed by atoms with Crippen LogP contribution < -0.4 is 5.32 Å². The number of carbonyl (C=O) groups excluding carboxylic acids is 3. The van der Waals surface area contributed by atoms with E-state index in [4.69, 9.17) is 0 Å². The maximum atomic E-state index is 11.5. The number of amides is 4. The van der Waals surface area contributed by atoms with Crippen molar-refractivity contribution in [2.75, 3.05) is 6.54 Å². The van der Waals surface area contributed by atoms with Gasteiger partial charge in [0.05, 0.1) is 0 Å². The number of imide groups is 2. The van der Waals surface area contributed by atoms with Gasteiger partial charge in [-0.3, -0.25) is 24.8 Å². The molecule has 1 aromatic rings. The van der Waals surface area contributed by atoms with E-state index in [-0.39, 0.29) is 13.0 Å². The molecule has 2 heterocycles. The highest BCUT2D eigenvalue weighted by atomic mass is 16.2. The molecule has 1 aliphatic rings. The average molecular weight is 233 g/mol. The van der Waals surface area contributed by atoms with Crippen LogP contribution in [-0.2, 0) is 16.0 Å². The molecule has 0 atom stereocenters. The molecule has 0 unspecified atom stereocenters. The zero-order valence-electron chi connectivity index (χ0n) is 9.05. The standard InChI is InChI=1S/C11H11N3O3/c15-9-6-10(16)14(11(17)13-9)5-3-8-2-1-4-12-7-8/h1-2,4,7H,3,5-6H2,(H,13,15,17). The van der Waals surface area contributed by atoms with E-state index in [0.717, 1.165) is 10.5 Å². The van der Waals surface area contributed by atoms with Crippen LogP contribution in [0.15, 0.2) is 24.5 Å². The normalized spacial score (nSPS) is 16.0. The molecule has 0 spiro atoms. The fourth-order valence-electron chi connectivity index (χ4n) is 1.59. The molecule has 0 bridgehead atoms. The Morgan fingerprint density at radius 2 is 2.18 bits per heavy atom. The first-order valence-electron chi connectivity index (χ1n) is 5.20. The number of rotatable bonds is 3. The summed E-state index contributed by atoms with van der Waals surface area (Å²) in [7, 11) is 0. The summed E-state index contributed by atoms with van der Waals surface area (Å²) in [4.78, 5) is 38.8. The van der Waals surface area contributed by atoms with Gasteiger partial charge < -0.3 is 0 Å². The second kappa shape index (κ2) is 4.73. The van der Waals surface area contributed by atoms with Crippen molar-refractivity contribution in [3.8, 4) is 0 Å². The van der Waals surface area contributed by atoms with Crippen LogP contribution in [0.2, 0.25) is 0 Å². The Hall–Kier alpha value is -2.24. The van der Waals surface area contributed by atoms with E-state index >= 15 is 0 Å². The molecule has 0 saturated carbocycles. The fourth-order valence-corrected chi connectivity index (χ4v) is 1.59. The minimum Gasteiger partial charge on any atom is -0.277 e. The van der Waals surface area contributed by atoms with Gasteiger partial charge in [0.2, 0.25) is 11.8 Å². The van der Waals surface area contributed by atoms with Gasteiger partial charge >= 0.3 is 6.03 Å². The lowest BCUT2D eigenvalue weighted by atomic mass is 10.2. The van der Waals surface area contributed by atoms with Crippen LogP contribution >= 0.6 is 0 Å². The molecule has 0 aliphatic carbocycles. The summed E-state index contributed by atoms with van der Waals surface area (Å²) in [5.41, 5.74) is 0.935. The number of hydrogen-bond acceptors (Lipinski definition) is 4. The number of hydrogen-bond donors (Lipinski definition) is 1. The van der Waals surface area contributed by atoms with Crippen LogP contribution in [0.1, 0.15) is 12.0 Å². The fraction of sp³-hybridized carbons (Fsp3) is 0.273. The number of barbiturate groups is 1. The van der Waals surface area contributed by atoms with E-state index in [1.807, 2.05) is 6.07 Å². The Kier molecular flexibility index (Phi) is 3.13. The van der Waals surface area contributed by atoms with Gasteiger partial charge in [0.1, 0.15) is 6.42 Å². The molecule has 2 rings (SSSR count). The number of urea groups is 1. The van der Waals surface area contributed by atoms with Crippen molar-refractivity contribution < 1.29 is 14.4 Å². The zero-order chi connectivity index (χ0) is 12.3. The Bertz CT molecular complexity index is 438. The maximum Gasteiger partial charge on any atom is 0.330 e. The molecule has 1 N–H and O–H groups in total. The average Bonchev–Trinajstić information content (AvgIpc) is 2.29. The molecule has 1 aromatic heterocycles. The van der Waals surface area contributed by atoms with Gasteiger partial charge in [0.25, 0.3) is 0 Å². The summed E-state index contributed by atoms with van der Waals surface area (Å²) in [5.74, 6) is -1.000. The van der Waals surface area contributed by atoms with Crippen LogP contribution in [0.5, 0.6) is 0 Å². The topological polar surface area (TPSA) is 79.4 Å². The Morgan fingerprint density at radius 3 is 2.82 bits per heavy atom. The molecular formula is C11H11N3O3. The highest BCUT2D eigenvalue weighted by Crippen LogP contribution is 2.05. The van der Waals surface area contributed by atoms with E-state index in [2.05, 4.69) is 10.3 Å². The van der Waals surface area contributed by atoms with Crippen LogP contribution in [0.4, 0.5) is 4.79 Å². The molecule has 17 heavy (non-hydrogen) atoms. The van der Waals surface area contributed by atoms with E-state index in [1.54, 1.807) is 18.5 Å². The largest absolute Gasteiger partial charge is 0.330 e. The smallest absolute Gasteiger partial charge is 0.277 e. The lowest BCUT2D eigenvalue weighted by molar-refractivity contribution is -0.136. The quantitative estimate of drug-likeness (QED) is 0.750. The Balaban J connectivity index is 1.97. The molecule has 0 aromatic carbocycles. The molecular weight excluding hydrogens is 222 g/mol. The minimum atomic E-state index is -0.643. The molecule has 1 aliphatic heterocycles. The van der Waals surface area contributed by atoms with Crippen LogP contribution in [0.25, 0.3) is 0 Å². The van der Waals surface area contributed by atoms with E-state index < -0.39 is 17.8 Å². The lowest BCUT2D eigenvalue weighted by Gasteiger charge is -2.24. The van der Waals surface area contributed by atoms with E-state index in [9.17, 15) is 14.4 Å². The molecule has 1 fully saturated rings. The number of pyridine rings is 1. The van der Waals surface area contributed by atoms with Crippen LogP contribution in [0.3, 0.4) is 0 Å². The van der Waals surface area contributed by atoms with Gasteiger partial charge in [-0.1, -0.05) is 6.07 Å². The monoisotopic (exact) mass is 233 g/mol. The number of aromatic nitrogens is 1. The first kappa shape index (κ1) is 11.3. The predicted octanol–water partition coefficient (Wildman–Crippen LogP) is 0.0926. The van der Waals surface area contributed by atoms with Crippen molar-refractivity contribution in [3.05, 3.63) is 30.1 Å². The van der Waals surface area contributed by atoms with Gasteiger partial charge in [-0.05, 0) is 18.1 Å². The van der Waals surface area contributed by atoms with Gasteiger partial charge in [-0.25, -0.2) is 4.79 Å². The van der Waals surface area contributed by atoms with Gasteiger partial charge in [-0.15, -0.1) is 0 Å².